The Bertz CT molecular complexity index is 622. The molecule has 0 bridgehead atoms. The van der Waals surface area contributed by atoms with Crippen molar-refractivity contribution in [3.05, 3.63) is 71.8 Å². The van der Waals surface area contributed by atoms with E-state index in [1.165, 1.54) is 5.56 Å². The number of hydrogen-bond acceptors (Lipinski definition) is 3. The Morgan fingerprint density at radius 3 is 2.12 bits per heavy atom. The van der Waals surface area contributed by atoms with Gasteiger partial charge in [-0.2, -0.15) is 0 Å². The highest BCUT2D eigenvalue weighted by Gasteiger charge is 2.26. The van der Waals surface area contributed by atoms with Crippen molar-refractivity contribution in [2.75, 3.05) is 0 Å². The first-order valence-corrected chi connectivity index (χ1v) is 8.13. The van der Waals surface area contributed by atoms with E-state index < -0.39 is 24.0 Å². The zero-order chi connectivity index (χ0) is 17.4. The molecule has 0 saturated heterocycles. The van der Waals surface area contributed by atoms with Gasteiger partial charge < -0.3 is 16.2 Å². The summed E-state index contributed by atoms with van der Waals surface area (Å²) in [7, 11) is 5.25. The van der Waals surface area contributed by atoms with Crippen LogP contribution < -0.4 is 11.1 Å². The van der Waals surface area contributed by atoms with Gasteiger partial charge in [0.2, 0.25) is 7.85 Å². The van der Waals surface area contributed by atoms with Crippen molar-refractivity contribution in [2.24, 2.45) is 5.73 Å². The third kappa shape index (κ3) is 5.83. The number of aliphatic hydroxyl groups excluding tert-OH is 1. The predicted molar refractivity (Wildman–Crippen MR) is 97.0 cm³/mol. The van der Waals surface area contributed by atoms with Crippen molar-refractivity contribution >= 4 is 13.7 Å². The second-order valence-electron chi connectivity index (χ2n) is 5.98. The Balaban J connectivity index is 1.97. The van der Waals surface area contributed by atoms with Gasteiger partial charge in [0.15, 0.2) is 5.81 Å². The number of carbonyl (C=O) groups is 1. The lowest BCUT2D eigenvalue weighted by molar-refractivity contribution is 0.102. The molecule has 2 rings (SSSR count). The molecule has 124 valence electrons. The molecule has 2 aromatic rings. The molecule has 0 aromatic heterocycles. The molecule has 2 radical (unpaired) electrons. The van der Waals surface area contributed by atoms with E-state index in [1.807, 2.05) is 60.7 Å². The van der Waals surface area contributed by atoms with Gasteiger partial charge in [0, 0.05) is 6.04 Å². The fourth-order valence-corrected chi connectivity index (χ4v) is 2.76. The van der Waals surface area contributed by atoms with Gasteiger partial charge >= 0.3 is 0 Å². The first kappa shape index (κ1) is 18.2. The number of nitrogens with two attached hydrogens (primary N) is 1. The fraction of sp³-hybridized carbons (Fsp3) is 0.316. The monoisotopic (exact) mass is 322 g/mol. The summed E-state index contributed by atoms with van der Waals surface area (Å²) in [6.07, 6.45) is 0.996. The maximum atomic E-state index is 11.3. The van der Waals surface area contributed by atoms with Crippen molar-refractivity contribution in [3.8, 4) is 0 Å². The molecule has 4 N–H and O–H groups in total. The van der Waals surface area contributed by atoms with Crippen LogP contribution >= 0.6 is 0 Å². The Hall–Kier alpha value is -2.11. The lowest BCUT2D eigenvalue weighted by Gasteiger charge is -2.28. The third-order valence-electron chi connectivity index (χ3n) is 4.09. The first-order valence-electron chi connectivity index (χ1n) is 8.13. The zero-order valence-corrected chi connectivity index (χ0v) is 13.6. The summed E-state index contributed by atoms with van der Waals surface area (Å²) in [5.41, 5.74) is 8.33. The molecule has 0 spiro atoms. The number of hydrogen-bond donors (Lipinski definition) is 3. The summed E-state index contributed by atoms with van der Waals surface area (Å²) >= 11 is 0. The largest absolute Gasteiger partial charge is 0.389 e. The molecule has 4 nitrogen and oxygen atoms in total. The van der Waals surface area contributed by atoms with Gasteiger partial charge in [0.25, 0.3) is 0 Å². The van der Waals surface area contributed by atoms with Crippen LogP contribution in [-0.2, 0) is 12.8 Å². The van der Waals surface area contributed by atoms with Crippen molar-refractivity contribution in [1.82, 2.24) is 5.32 Å². The molecule has 24 heavy (non-hydrogen) atoms. The van der Waals surface area contributed by atoms with Gasteiger partial charge in [-0.25, -0.2) is 0 Å². The number of rotatable bonds is 8. The van der Waals surface area contributed by atoms with Crippen molar-refractivity contribution in [2.45, 2.75) is 37.5 Å². The highest BCUT2D eigenvalue weighted by molar-refractivity contribution is 6.57. The van der Waals surface area contributed by atoms with Crippen molar-refractivity contribution in [1.29, 1.82) is 0 Å². The average molecular weight is 322 g/mol. The Morgan fingerprint density at radius 1 is 1.04 bits per heavy atom. The summed E-state index contributed by atoms with van der Waals surface area (Å²) in [6, 6.07) is 18.6. The van der Waals surface area contributed by atoms with Crippen LogP contribution in [0.15, 0.2) is 60.7 Å². The number of nitrogens with one attached hydrogen (secondary N) is 1. The normalized spacial score (nSPS) is 14.6. The van der Waals surface area contributed by atoms with Crippen LogP contribution in [-0.4, -0.2) is 36.9 Å². The second kappa shape index (κ2) is 9.25. The number of benzene rings is 2. The Kier molecular flexibility index (Phi) is 7.03. The molecule has 0 aliphatic carbocycles. The fourth-order valence-electron chi connectivity index (χ4n) is 2.76. The SMILES string of the molecule is [B]C(=O)N[C@H](Cc1ccccc1)[C@H](O)[C@H](N)CCc1ccccc1. The predicted octanol–water partition coefficient (Wildman–Crippen LogP) is 1.80. The molecular weight excluding hydrogens is 299 g/mol. The lowest BCUT2D eigenvalue weighted by atomic mass is 9.92. The average Bonchev–Trinajstić information content (AvgIpc) is 2.60. The number of carbonyl (C=O) groups excluding carboxylic acids is 1. The van der Waals surface area contributed by atoms with E-state index in [1.54, 1.807) is 0 Å². The van der Waals surface area contributed by atoms with Crippen LogP contribution in [0.25, 0.3) is 0 Å². The maximum absolute atomic E-state index is 11.3. The van der Waals surface area contributed by atoms with Crippen molar-refractivity contribution < 1.29 is 9.90 Å². The topological polar surface area (TPSA) is 75.3 Å². The van der Waals surface area contributed by atoms with E-state index in [-0.39, 0.29) is 0 Å². The molecule has 0 aliphatic heterocycles. The lowest BCUT2D eigenvalue weighted by Crippen LogP contribution is -2.52. The summed E-state index contributed by atoms with van der Waals surface area (Å²) < 4.78 is 0. The van der Waals surface area contributed by atoms with Crippen LogP contribution in [0, 0.1) is 0 Å². The first-order chi connectivity index (χ1) is 11.6. The number of amides is 1. The van der Waals surface area contributed by atoms with Gasteiger partial charge in [-0.3, -0.25) is 4.79 Å². The van der Waals surface area contributed by atoms with Gasteiger partial charge in [-0.1, -0.05) is 60.7 Å². The molecule has 0 heterocycles. The van der Waals surface area contributed by atoms with Gasteiger partial charge in [-0.05, 0) is 30.4 Å². The number of aliphatic hydroxyl groups is 1. The maximum Gasteiger partial charge on any atom is 0.200 e. The minimum absolute atomic E-state index is 0.453. The van der Waals surface area contributed by atoms with E-state index in [0.29, 0.717) is 12.8 Å². The van der Waals surface area contributed by atoms with Gasteiger partial charge in [0.1, 0.15) is 0 Å². The molecule has 0 saturated carbocycles. The van der Waals surface area contributed by atoms with E-state index >= 15 is 0 Å². The van der Waals surface area contributed by atoms with Crippen LogP contribution in [0.2, 0.25) is 0 Å². The molecule has 0 aliphatic rings. The Labute approximate surface area is 144 Å². The van der Waals surface area contributed by atoms with E-state index in [9.17, 15) is 9.90 Å². The molecule has 2 aromatic carbocycles. The highest BCUT2D eigenvalue weighted by atomic mass is 16.3. The summed E-state index contributed by atoms with van der Waals surface area (Å²) in [5.74, 6) is -0.662. The molecule has 5 heteroatoms. The smallest absolute Gasteiger partial charge is 0.200 e. The molecular formula is C19H23BN2O2. The minimum Gasteiger partial charge on any atom is -0.389 e. The van der Waals surface area contributed by atoms with Crippen LogP contribution in [0.5, 0.6) is 0 Å². The van der Waals surface area contributed by atoms with Crippen LogP contribution in [0.1, 0.15) is 17.5 Å². The minimum atomic E-state index is -0.874. The quantitative estimate of drug-likeness (QED) is 0.649. The van der Waals surface area contributed by atoms with E-state index in [2.05, 4.69) is 5.32 Å². The second-order valence-corrected chi connectivity index (χ2v) is 5.98. The highest BCUT2D eigenvalue weighted by Crippen LogP contribution is 2.12. The van der Waals surface area contributed by atoms with Gasteiger partial charge in [0.05, 0.1) is 12.1 Å². The molecule has 0 fully saturated rings. The van der Waals surface area contributed by atoms with Gasteiger partial charge in [-0.15, -0.1) is 0 Å². The zero-order valence-electron chi connectivity index (χ0n) is 13.6. The summed E-state index contributed by atoms with van der Waals surface area (Å²) in [4.78, 5) is 11.3. The van der Waals surface area contributed by atoms with E-state index in [0.717, 1.165) is 12.0 Å². The molecule has 0 unspecified atom stereocenters. The summed E-state index contributed by atoms with van der Waals surface area (Å²) in [5, 5.41) is 13.2. The Morgan fingerprint density at radius 2 is 1.58 bits per heavy atom. The van der Waals surface area contributed by atoms with E-state index in [4.69, 9.17) is 13.6 Å². The number of aryl methyl sites for hydroxylation is 1. The summed E-state index contributed by atoms with van der Waals surface area (Å²) in [6.45, 7) is 0. The van der Waals surface area contributed by atoms with Crippen molar-refractivity contribution in [3.63, 3.8) is 0 Å². The molecule has 1 amide bonds. The third-order valence-corrected chi connectivity index (χ3v) is 4.09. The van der Waals surface area contributed by atoms with Crippen LogP contribution in [0.3, 0.4) is 0 Å². The van der Waals surface area contributed by atoms with Crippen LogP contribution in [0.4, 0.5) is 4.79 Å². The molecule has 3 atom stereocenters. The standard InChI is InChI=1S/C19H23BN2O2/c20-19(24)22-17(13-15-9-5-2-6-10-15)18(23)16(21)12-11-14-7-3-1-4-8-14/h1-10,16-18,23H,11-13,21H2,(H,22,24)/t16-,17-,18-/m1/s1.